The first kappa shape index (κ1) is 28.4. The van der Waals surface area contributed by atoms with E-state index >= 15 is 0 Å². The largest absolute Gasteiger partial charge is 0.357 e. The summed E-state index contributed by atoms with van der Waals surface area (Å²) in [5, 5.41) is 2.58. The second-order valence-electron chi connectivity index (χ2n) is 9.11. The topological polar surface area (TPSA) is 86.8 Å². The molecule has 0 aliphatic rings. The van der Waals surface area contributed by atoms with Crippen LogP contribution < -0.4 is 9.62 Å². The van der Waals surface area contributed by atoms with E-state index in [-0.39, 0.29) is 17.3 Å². The lowest BCUT2D eigenvalue weighted by atomic mass is 10.1. The average Bonchev–Trinajstić information content (AvgIpc) is 2.84. The zero-order valence-corrected chi connectivity index (χ0v) is 24.1. The lowest BCUT2D eigenvalue weighted by Gasteiger charge is -2.32. The van der Waals surface area contributed by atoms with E-state index in [4.69, 9.17) is 0 Å². The van der Waals surface area contributed by atoms with Crippen molar-refractivity contribution in [1.29, 1.82) is 0 Å². The van der Waals surface area contributed by atoms with Gasteiger partial charge in [0.2, 0.25) is 11.8 Å². The molecule has 0 aromatic heterocycles. The second-order valence-corrected chi connectivity index (χ2v) is 11.9. The molecule has 0 aliphatic heterocycles. The molecule has 0 fully saturated rings. The molecule has 37 heavy (non-hydrogen) atoms. The van der Waals surface area contributed by atoms with Gasteiger partial charge in [-0.2, -0.15) is 0 Å². The fraction of sp³-hybridized carbons (Fsp3) is 0.286. The molecular weight excluding hydrogens is 554 g/mol. The van der Waals surface area contributed by atoms with Crippen molar-refractivity contribution in [1.82, 2.24) is 10.2 Å². The average molecular weight is 587 g/mol. The van der Waals surface area contributed by atoms with E-state index in [2.05, 4.69) is 21.2 Å². The Kier molecular flexibility index (Phi) is 9.15. The summed E-state index contributed by atoms with van der Waals surface area (Å²) in [4.78, 5) is 27.9. The molecule has 7 nitrogen and oxygen atoms in total. The smallest absolute Gasteiger partial charge is 0.264 e. The van der Waals surface area contributed by atoms with E-state index in [1.165, 1.54) is 24.1 Å². The molecule has 196 valence electrons. The molecule has 1 atom stereocenters. The summed E-state index contributed by atoms with van der Waals surface area (Å²) < 4.78 is 29.7. The first-order valence-electron chi connectivity index (χ1n) is 11.9. The zero-order chi connectivity index (χ0) is 27.3. The highest BCUT2D eigenvalue weighted by atomic mass is 79.9. The van der Waals surface area contributed by atoms with Crippen molar-refractivity contribution < 1.29 is 18.0 Å². The van der Waals surface area contributed by atoms with Crippen LogP contribution in [0.2, 0.25) is 0 Å². The summed E-state index contributed by atoms with van der Waals surface area (Å²) in [7, 11) is -2.58. The second kappa shape index (κ2) is 11.9. The summed E-state index contributed by atoms with van der Waals surface area (Å²) in [5.41, 5.74) is 3.86. The van der Waals surface area contributed by atoms with Crippen molar-refractivity contribution in [3.05, 3.63) is 93.5 Å². The molecule has 0 spiro atoms. The molecule has 0 radical (unpaired) electrons. The van der Waals surface area contributed by atoms with E-state index in [1.807, 2.05) is 51.1 Å². The Hall–Kier alpha value is -3.17. The molecule has 3 aromatic rings. The van der Waals surface area contributed by atoms with Gasteiger partial charge in [0, 0.05) is 18.1 Å². The van der Waals surface area contributed by atoms with Crippen LogP contribution in [0.4, 0.5) is 5.69 Å². The van der Waals surface area contributed by atoms with Gasteiger partial charge in [0.1, 0.15) is 12.6 Å². The lowest BCUT2D eigenvalue weighted by Crippen LogP contribution is -2.50. The molecule has 0 bridgehead atoms. The number of nitrogens with zero attached hydrogens (tertiary/aromatic N) is 2. The van der Waals surface area contributed by atoms with Crippen LogP contribution in [0.3, 0.4) is 0 Å². The molecule has 0 saturated carbocycles. The summed E-state index contributed by atoms with van der Waals surface area (Å²) >= 11 is 3.44. The van der Waals surface area contributed by atoms with Crippen LogP contribution in [0.5, 0.6) is 0 Å². The Bertz CT molecular complexity index is 1370. The number of hydrogen-bond acceptors (Lipinski definition) is 4. The first-order chi connectivity index (χ1) is 17.4. The fourth-order valence-electron chi connectivity index (χ4n) is 4.08. The van der Waals surface area contributed by atoms with Crippen LogP contribution in [-0.4, -0.2) is 44.8 Å². The van der Waals surface area contributed by atoms with Gasteiger partial charge in [0.25, 0.3) is 10.0 Å². The highest BCUT2D eigenvalue weighted by molar-refractivity contribution is 9.10. The van der Waals surface area contributed by atoms with Crippen molar-refractivity contribution in [2.24, 2.45) is 0 Å². The predicted molar refractivity (Wildman–Crippen MR) is 150 cm³/mol. The summed E-state index contributed by atoms with van der Waals surface area (Å²) in [6.45, 7) is 6.93. The molecule has 0 heterocycles. The third kappa shape index (κ3) is 6.99. The van der Waals surface area contributed by atoms with Gasteiger partial charge in [-0.05, 0) is 80.8 Å². The minimum Gasteiger partial charge on any atom is -0.357 e. The number of hydrogen-bond donors (Lipinski definition) is 1. The maximum Gasteiger partial charge on any atom is 0.264 e. The predicted octanol–water partition coefficient (Wildman–Crippen LogP) is 4.73. The number of benzene rings is 3. The number of carbonyl (C=O) groups excluding carboxylic acids is 2. The molecule has 3 rings (SSSR count). The van der Waals surface area contributed by atoms with Crippen LogP contribution in [0.25, 0.3) is 0 Å². The number of sulfonamides is 1. The maximum absolute atomic E-state index is 13.9. The van der Waals surface area contributed by atoms with Crippen LogP contribution >= 0.6 is 15.9 Å². The number of carbonyl (C=O) groups is 2. The van der Waals surface area contributed by atoms with Gasteiger partial charge >= 0.3 is 0 Å². The van der Waals surface area contributed by atoms with Crippen LogP contribution in [0.1, 0.15) is 29.2 Å². The first-order valence-corrected chi connectivity index (χ1v) is 14.1. The number of rotatable bonds is 9. The van der Waals surface area contributed by atoms with Gasteiger partial charge < -0.3 is 10.2 Å². The lowest BCUT2D eigenvalue weighted by molar-refractivity contribution is -0.139. The Morgan fingerprint density at radius 1 is 0.919 bits per heavy atom. The van der Waals surface area contributed by atoms with Gasteiger partial charge in [0.05, 0.1) is 10.6 Å². The highest BCUT2D eigenvalue weighted by Crippen LogP contribution is 2.27. The normalized spacial score (nSPS) is 12.1. The SMILES string of the molecule is CNC(=O)[C@@H](C)N(Cc1cccc(Br)c1)C(=O)CN(c1cc(C)cc(C)c1)S(=O)(=O)c1ccc(C)cc1. The third-order valence-corrected chi connectivity index (χ3v) is 8.32. The van der Waals surface area contributed by atoms with E-state index in [0.29, 0.717) is 5.69 Å². The Labute approximate surface area is 227 Å². The van der Waals surface area contributed by atoms with Crippen molar-refractivity contribution in [3.8, 4) is 0 Å². The summed E-state index contributed by atoms with van der Waals surface area (Å²) in [5.74, 6) is -0.839. The van der Waals surface area contributed by atoms with Crippen molar-refractivity contribution >= 4 is 43.5 Å². The number of likely N-dealkylation sites (N-methyl/N-ethyl adjacent to an activating group) is 1. The maximum atomic E-state index is 13.9. The van der Waals surface area contributed by atoms with E-state index in [1.54, 1.807) is 31.2 Å². The summed E-state index contributed by atoms with van der Waals surface area (Å²) in [6.07, 6.45) is 0. The molecule has 0 unspecified atom stereocenters. The van der Waals surface area contributed by atoms with Crippen LogP contribution in [0, 0.1) is 20.8 Å². The van der Waals surface area contributed by atoms with Crippen molar-refractivity contribution in [3.63, 3.8) is 0 Å². The highest BCUT2D eigenvalue weighted by Gasteiger charge is 2.32. The molecule has 9 heteroatoms. The zero-order valence-electron chi connectivity index (χ0n) is 21.7. The molecule has 3 aromatic carbocycles. The number of amides is 2. The molecule has 0 aliphatic carbocycles. The van der Waals surface area contributed by atoms with Gasteiger partial charge in [-0.25, -0.2) is 8.42 Å². The van der Waals surface area contributed by atoms with Gasteiger partial charge in [-0.1, -0.05) is 51.8 Å². The number of anilines is 1. The van der Waals surface area contributed by atoms with Gasteiger partial charge in [-0.3, -0.25) is 13.9 Å². The minimum absolute atomic E-state index is 0.0861. The fourth-order valence-corrected chi connectivity index (χ4v) is 5.93. The van der Waals surface area contributed by atoms with Crippen molar-refractivity contribution in [2.45, 2.75) is 45.2 Å². The van der Waals surface area contributed by atoms with Crippen LogP contribution in [-0.2, 0) is 26.2 Å². The van der Waals surface area contributed by atoms with Crippen molar-refractivity contribution in [2.75, 3.05) is 17.9 Å². The Balaban J connectivity index is 2.07. The Morgan fingerprint density at radius 3 is 2.11 bits per heavy atom. The minimum atomic E-state index is -4.09. The monoisotopic (exact) mass is 585 g/mol. The Morgan fingerprint density at radius 2 is 1.54 bits per heavy atom. The van der Waals surface area contributed by atoms with E-state index in [9.17, 15) is 18.0 Å². The molecular formula is C28H32BrN3O4S. The summed E-state index contributed by atoms with van der Waals surface area (Å²) in [6, 6.07) is 18.6. The van der Waals surface area contributed by atoms with Gasteiger partial charge in [-0.15, -0.1) is 0 Å². The molecule has 1 N–H and O–H groups in total. The third-order valence-electron chi connectivity index (χ3n) is 6.04. The van der Waals surface area contributed by atoms with Crippen LogP contribution in [0.15, 0.2) is 76.1 Å². The number of nitrogens with one attached hydrogen (secondary N) is 1. The number of aryl methyl sites for hydroxylation is 3. The van der Waals surface area contributed by atoms with Gasteiger partial charge in [0.15, 0.2) is 0 Å². The van der Waals surface area contributed by atoms with E-state index < -0.39 is 28.5 Å². The molecule has 0 saturated heterocycles. The molecule has 2 amide bonds. The quantitative estimate of drug-likeness (QED) is 0.393. The van der Waals surface area contributed by atoms with E-state index in [0.717, 1.165) is 31.0 Å². The standard InChI is InChI=1S/C28H32BrN3O4S/c1-19-9-11-26(12-10-19)37(35,36)32(25-14-20(2)13-21(3)15-25)18-27(33)31(22(4)28(34)30-5)17-23-7-6-8-24(29)16-23/h6-16,22H,17-18H2,1-5H3,(H,30,34)/t22-/m1/s1. The number of halogens is 1.